The zero-order chi connectivity index (χ0) is 27.1. The lowest BCUT2D eigenvalue weighted by Gasteiger charge is -2.19. The van der Waals surface area contributed by atoms with Gasteiger partial charge in [-0.25, -0.2) is 14.5 Å². The minimum atomic E-state index is -1.12. The molecule has 0 radical (unpaired) electrons. The molecule has 11 nitrogen and oxygen atoms in total. The molecule has 1 unspecified atom stereocenters. The molecule has 0 aliphatic heterocycles. The van der Waals surface area contributed by atoms with Crippen molar-refractivity contribution in [3.63, 3.8) is 0 Å². The average Bonchev–Trinajstić information content (AvgIpc) is 3.44. The molecule has 1 aromatic heterocycles. The molecule has 4 N–H and O–H groups in total. The Balaban J connectivity index is 1.50. The van der Waals surface area contributed by atoms with Crippen molar-refractivity contribution < 1.29 is 24.3 Å². The Hall–Kier alpha value is -5.03. The van der Waals surface area contributed by atoms with Crippen LogP contribution >= 0.6 is 11.6 Å². The largest absolute Gasteiger partial charge is 0.478 e. The van der Waals surface area contributed by atoms with E-state index < -0.39 is 29.7 Å². The Bertz CT molecular complexity index is 1460. The number of carbonyl (C=O) groups excluding carboxylic acids is 3. The number of nitrogens with zero attached hydrogens (tertiary/aromatic N) is 3. The topological polar surface area (TPSA) is 155 Å². The summed E-state index contributed by atoms with van der Waals surface area (Å²) in [7, 11) is 0. The first-order chi connectivity index (χ1) is 18.3. The molecular weight excluding hydrogens is 512 g/mol. The van der Waals surface area contributed by atoms with Crippen molar-refractivity contribution in [1.82, 2.24) is 20.1 Å². The minimum absolute atomic E-state index is 0.0556. The predicted octanol–water partition coefficient (Wildman–Crippen LogP) is 2.92. The second-order valence-electron chi connectivity index (χ2n) is 8.04. The van der Waals surface area contributed by atoms with Gasteiger partial charge in [-0.05, 0) is 48.0 Å². The Morgan fingerprint density at radius 2 is 1.66 bits per heavy atom. The first kappa shape index (κ1) is 26.0. The van der Waals surface area contributed by atoms with E-state index in [2.05, 4.69) is 26.0 Å². The summed E-state index contributed by atoms with van der Waals surface area (Å²) in [6, 6.07) is 18.0. The summed E-state index contributed by atoms with van der Waals surface area (Å²) < 4.78 is 1.39. The van der Waals surface area contributed by atoms with Crippen molar-refractivity contribution >= 4 is 46.7 Å². The highest BCUT2D eigenvalue weighted by atomic mass is 35.5. The number of halogens is 1. The van der Waals surface area contributed by atoms with E-state index >= 15 is 0 Å². The molecule has 1 heterocycles. The van der Waals surface area contributed by atoms with Crippen molar-refractivity contribution in [2.75, 3.05) is 10.6 Å². The van der Waals surface area contributed by atoms with E-state index in [0.717, 1.165) is 5.56 Å². The summed E-state index contributed by atoms with van der Waals surface area (Å²) in [4.78, 5) is 53.7. The summed E-state index contributed by atoms with van der Waals surface area (Å²) in [5.74, 6) is -3.77. The molecule has 12 heteroatoms. The SMILES string of the molecule is O=C(Nc1cc(Cl)ccc1-n1cncn1)C(=O)NC(Cc1ccccc1)C(=O)Nc1ccc(C(=O)O)cc1. The van der Waals surface area contributed by atoms with E-state index in [1.54, 1.807) is 36.4 Å². The first-order valence-electron chi connectivity index (χ1n) is 11.2. The molecule has 3 aromatic carbocycles. The Morgan fingerprint density at radius 3 is 2.32 bits per heavy atom. The fraction of sp³-hybridized carbons (Fsp3) is 0.0769. The van der Waals surface area contributed by atoms with Crippen molar-refractivity contribution in [3.05, 3.63) is 102 Å². The molecule has 0 aliphatic carbocycles. The highest BCUT2D eigenvalue weighted by Gasteiger charge is 2.26. The normalized spacial score (nSPS) is 11.3. The van der Waals surface area contributed by atoms with Crippen LogP contribution in [-0.2, 0) is 20.8 Å². The standard InChI is InChI=1S/C26H21ClN6O5/c27-18-8-11-22(33-15-28-14-29-33)20(13-18)31-24(35)25(36)32-21(12-16-4-2-1-3-5-16)23(34)30-19-9-6-17(7-10-19)26(37)38/h1-11,13-15,21H,12H2,(H,30,34)(H,31,35)(H,32,36)(H,37,38). The Morgan fingerprint density at radius 1 is 0.921 bits per heavy atom. The second kappa shape index (κ2) is 11.8. The highest BCUT2D eigenvalue weighted by molar-refractivity contribution is 6.40. The van der Waals surface area contributed by atoms with Crippen LogP contribution in [-0.4, -0.2) is 49.6 Å². The number of aromatic nitrogens is 3. The number of nitrogens with one attached hydrogen (secondary N) is 3. The molecule has 1 atom stereocenters. The smallest absolute Gasteiger partial charge is 0.335 e. The molecule has 4 rings (SSSR count). The number of anilines is 2. The summed E-state index contributed by atoms with van der Waals surface area (Å²) in [6.07, 6.45) is 2.83. The van der Waals surface area contributed by atoms with Gasteiger partial charge >= 0.3 is 17.8 Å². The number of hydrogen-bond donors (Lipinski definition) is 4. The molecular formula is C26H21ClN6O5. The fourth-order valence-corrected chi connectivity index (χ4v) is 3.70. The van der Waals surface area contributed by atoms with Crippen molar-refractivity contribution in [2.24, 2.45) is 0 Å². The quantitative estimate of drug-likeness (QED) is 0.254. The molecule has 0 saturated heterocycles. The summed E-state index contributed by atoms with van der Waals surface area (Å²) in [5, 5.41) is 21.0. The zero-order valence-corrected chi connectivity index (χ0v) is 20.4. The third kappa shape index (κ3) is 6.59. The van der Waals surface area contributed by atoms with Crippen LogP contribution in [0, 0.1) is 0 Å². The molecule has 0 fully saturated rings. The maximum atomic E-state index is 13.1. The molecule has 38 heavy (non-hydrogen) atoms. The number of carbonyl (C=O) groups is 4. The second-order valence-corrected chi connectivity index (χ2v) is 8.48. The van der Waals surface area contributed by atoms with Gasteiger partial charge in [0, 0.05) is 17.1 Å². The maximum absolute atomic E-state index is 13.1. The number of carboxylic acids is 1. The highest BCUT2D eigenvalue weighted by Crippen LogP contribution is 2.24. The summed E-state index contributed by atoms with van der Waals surface area (Å²) in [5.41, 5.74) is 1.77. The average molecular weight is 533 g/mol. The number of hydrogen-bond acceptors (Lipinski definition) is 6. The first-order valence-corrected chi connectivity index (χ1v) is 11.6. The van der Waals surface area contributed by atoms with Gasteiger partial charge in [0.05, 0.1) is 16.9 Å². The molecule has 0 spiro atoms. The van der Waals surface area contributed by atoms with Crippen molar-refractivity contribution in [3.8, 4) is 5.69 Å². The van der Waals surface area contributed by atoms with Gasteiger partial charge in [-0.2, -0.15) is 5.10 Å². The van der Waals surface area contributed by atoms with Crippen LogP contribution < -0.4 is 16.0 Å². The lowest BCUT2D eigenvalue weighted by molar-refractivity contribution is -0.137. The van der Waals surface area contributed by atoms with Gasteiger partial charge in [-0.15, -0.1) is 0 Å². The third-order valence-corrected chi connectivity index (χ3v) is 5.62. The van der Waals surface area contributed by atoms with E-state index in [1.807, 2.05) is 6.07 Å². The fourth-order valence-electron chi connectivity index (χ4n) is 3.53. The van der Waals surface area contributed by atoms with Crippen LogP contribution in [0.25, 0.3) is 5.69 Å². The molecule has 0 saturated carbocycles. The monoisotopic (exact) mass is 532 g/mol. The minimum Gasteiger partial charge on any atom is -0.478 e. The third-order valence-electron chi connectivity index (χ3n) is 5.38. The van der Waals surface area contributed by atoms with Crippen LogP contribution in [0.15, 0.2) is 85.5 Å². The number of carboxylic acid groups (broad SMARTS) is 1. The molecule has 3 amide bonds. The molecule has 0 aliphatic rings. The number of rotatable bonds is 8. The Labute approximate surface area is 221 Å². The predicted molar refractivity (Wildman–Crippen MR) is 139 cm³/mol. The van der Waals surface area contributed by atoms with Crippen LogP contribution in [0.5, 0.6) is 0 Å². The number of benzene rings is 3. The van der Waals surface area contributed by atoms with Gasteiger partial charge in [0.15, 0.2) is 0 Å². The van der Waals surface area contributed by atoms with E-state index in [4.69, 9.17) is 16.7 Å². The van der Waals surface area contributed by atoms with Crippen LogP contribution in [0.1, 0.15) is 15.9 Å². The summed E-state index contributed by atoms with van der Waals surface area (Å²) in [6.45, 7) is 0. The van der Waals surface area contributed by atoms with Gasteiger partial charge in [0.2, 0.25) is 5.91 Å². The van der Waals surface area contributed by atoms with Crippen molar-refractivity contribution in [1.29, 1.82) is 0 Å². The lowest BCUT2D eigenvalue weighted by atomic mass is 10.0. The van der Waals surface area contributed by atoms with Gasteiger partial charge in [0.25, 0.3) is 0 Å². The molecule has 0 bridgehead atoms. The van der Waals surface area contributed by atoms with Crippen LogP contribution in [0.2, 0.25) is 5.02 Å². The van der Waals surface area contributed by atoms with Crippen LogP contribution in [0.4, 0.5) is 11.4 Å². The summed E-state index contributed by atoms with van der Waals surface area (Å²) >= 11 is 6.08. The van der Waals surface area contributed by atoms with E-state index in [-0.39, 0.29) is 17.7 Å². The van der Waals surface area contributed by atoms with Crippen LogP contribution in [0.3, 0.4) is 0 Å². The number of aromatic carboxylic acids is 1. The van der Waals surface area contributed by atoms with Gasteiger partial charge in [0.1, 0.15) is 18.7 Å². The Kier molecular flexibility index (Phi) is 8.09. The molecule has 192 valence electrons. The van der Waals surface area contributed by atoms with Gasteiger partial charge in [-0.3, -0.25) is 14.4 Å². The van der Waals surface area contributed by atoms with Gasteiger partial charge < -0.3 is 21.1 Å². The zero-order valence-electron chi connectivity index (χ0n) is 19.7. The maximum Gasteiger partial charge on any atom is 0.335 e. The van der Waals surface area contributed by atoms with Gasteiger partial charge in [-0.1, -0.05) is 41.9 Å². The van der Waals surface area contributed by atoms with Crippen molar-refractivity contribution in [2.45, 2.75) is 12.5 Å². The van der Waals surface area contributed by atoms with E-state index in [0.29, 0.717) is 16.4 Å². The number of amides is 3. The van der Waals surface area contributed by atoms with E-state index in [1.165, 1.54) is 47.7 Å². The van der Waals surface area contributed by atoms with E-state index in [9.17, 15) is 19.2 Å². The molecule has 4 aromatic rings. The lowest BCUT2D eigenvalue weighted by Crippen LogP contribution is -2.49.